The highest BCUT2D eigenvalue weighted by molar-refractivity contribution is 6.14. The van der Waals surface area contributed by atoms with Gasteiger partial charge in [0.25, 0.3) is 0 Å². The lowest BCUT2D eigenvalue weighted by molar-refractivity contribution is 0.330. The van der Waals surface area contributed by atoms with E-state index in [-0.39, 0.29) is 5.56 Å². The van der Waals surface area contributed by atoms with E-state index in [1.807, 2.05) is 24.3 Å². The minimum absolute atomic E-state index is 0.200. The van der Waals surface area contributed by atoms with Crippen LogP contribution in [-0.2, 0) is 0 Å². The molecule has 0 saturated carbocycles. The third-order valence-electron chi connectivity index (χ3n) is 13.6. The Morgan fingerprint density at radius 2 is 0.500 bits per heavy atom. The van der Waals surface area contributed by atoms with Gasteiger partial charge in [0, 0.05) is 49.4 Å². The van der Waals surface area contributed by atoms with Gasteiger partial charge < -0.3 is 39.2 Å². The number of aromatic nitrogens is 3. The van der Waals surface area contributed by atoms with Crippen molar-refractivity contribution in [3.63, 3.8) is 0 Å². The fourth-order valence-electron chi connectivity index (χ4n) is 10.4. The molecule has 0 aliphatic rings. The van der Waals surface area contributed by atoms with Crippen molar-refractivity contribution in [1.29, 1.82) is 0 Å². The summed E-state index contributed by atoms with van der Waals surface area (Å²) in [6.07, 6.45) is 0. The van der Waals surface area contributed by atoms with Crippen molar-refractivity contribution in [2.45, 2.75) is 0 Å². The number of fused-ring (bicyclic) bond motifs is 9. The van der Waals surface area contributed by atoms with Crippen LogP contribution in [0.25, 0.3) is 116 Å². The van der Waals surface area contributed by atoms with Crippen molar-refractivity contribution in [3.05, 3.63) is 206 Å². The lowest BCUT2D eigenvalue weighted by Crippen LogP contribution is -1.94. The Hall–Kier alpha value is -9.40. The van der Waals surface area contributed by atoms with Crippen LogP contribution in [0.3, 0.4) is 0 Å². The Morgan fingerprint density at radius 1 is 0.221 bits per heavy atom. The highest BCUT2D eigenvalue weighted by Crippen LogP contribution is 2.55. The lowest BCUT2D eigenvalue weighted by Gasteiger charge is -2.14. The maximum absolute atomic E-state index is 10.8. The molecular formula is C60H39N3O5. The number of hydrogen-bond donors (Lipinski definition) is 5. The Morgan fingerprint density at radius 3 is 0.882 bits per heavy atom. The molecule has 0 bridgehead atoms. The molecule has 8 nitrogen and oxygen atoms in total. The van der Waals surface area contributed by atoms with Gasteiger partial charge in [-0.05, 0) is 125 Å². The summed E-state index contributed by atoms with van der Waals surface area (Å²) in [6, 6.07) is 71.8. The first-order valence-corrected chi connectivity index (χ1v) is 22.4. The van der Waals surface area contributed by atoms with Gasteiger partial charge in [0.05, 0.1) is 38.7 Å². The van der Waals surface area contributed by atoms with E-state index < -0.39 is 28.7 Å². The Bertz CT molecular complexity index is 3940. The summed E-state index contributed by atoms with van der Waals surface area (Å²) in [6.45, 7) is 0. The fourth-order valence-corrected chi connectivity index (χ4v) is 10.4. The Kier molecular flexibility index (Phi) is 8.50. The molecule has 13 rings (SSSR count). The first kappa shape index (κ1) is 39.0. The number of phenols is 5. The number of phenolic OH excluding ortho intramolecular Hbond substituents is 5. The Labute approximate surface area is 388 Å². The predicted octanol–water partition coefficient (Wildman–Crippen LogP) is 14.5. The van der Waals surface area contributed by atoms with Crippen LogP contribution in [0.2, 0.25) is 0 Å². The minimum Gasteiger partial charge on any atom is -0.504 e. The topological polar surface area (TPSA) is 116 Å². The third-order valence-corrected chi connectivity index (χ3v) is 13.6. The first-order valence-electron chi connectivity index (χ1n) is 22.4. The van der Waals surface area contributed by atoms with Crippen LogP contribution >= 0.6 is 0 Å². The average molecular weight is 882 g/mol. The summed E-state index contributed by atoms with van der Waals surface area (Å²) in [4.78, 5) is 0. The van der Waals surface area contributed by atoms with Gasteiger partial charge in [0.1, 0.15) is 0 Å². The lowest BCUT2D eigenvalue weighted by atomic mass is 9.98. The second-order valence-corrected chi connectivity index (χ2v) is 17.3. The van der Waals surface area contributed by atoms with Gasteiger partial charge in [-0.15, -0.1) is 0 Å². The largest absolute Gasteiger partial charge is 0.504 e. The molecule has 8 heteroatoms. The quantitative estimate of drug-likeness (QED) is 0.0843. The smallest absolute Gasteiger partial charge is 0.208 e. The average Bonchev–Trinajstić information content (AvgIpc) is 4.03. The molecule has 13 aromatic rings. The standard InChI is InChI=1S/C60H39N3O5/c64-56-55(57(65)59(67)60(68)58(56)66)35-19-25-42(26-20-35)63-53-29-23-38(36-21-27-51-45(31-36)43-15-7-9-17-49(43)61(51)40-11-3-1-4-12-40)33-47(53)48-34-39(24-30-54(48)63)37-22-28-52-46(32-37)44-16-8-10-18-50(44)62(52)41-13-5-2-6-14-41/h1-34,64-68H. The molecule has 5 N–H and O–H groups in total. The van der Waals surface area contributed by atoms with Crippen molar-refractivity contribution >= 4 is 65.4 Å². The maximum atomic E-state index is 10.8. The maximum Gasteiger partial charge on any atom is 0.208 e. The van der Waals surface area contributed by atoms with Crippen LogP contribution in [0.4, 0.5) is 0 Å². The molecule has 324 valence electrons. The molecule has 10 aromatic carbocycles. The summed E-state index contributed by atoms with van der Waals surface area (Å²) in [7, 11) is 0. The van der Waals surface area contributed by atoms with Gasteiger partial charge in [-0.1, -0.05) is 109 Å². The molecule has 0 saturated heterocycles. The van der Waals surface area contributed by atoms with Crippen molar-refractivity contribution in [2.75, 3.05) is 0 Å². The van der Waals surface area contributed by atoms with E-state index in [0.29, 0.717) is 5.56 Å². The first-order chi connectivity index (χ1) is 33.3. The molecule has 0 amide bonds. The molecule has 3 heterocycles. The third kappa shape index (κ3) is 5.74. The number of nitrogens with zero attached hydrogens (tertiary/aromatic N) is 3. The summed E-state index contributed by atoms with van der Waals surface area (Å²) >= 11 is 0. The second-order valence-electron chi connectivity index (χ2n) is 17.3. The van der Waals surface area contributed by atoms with Gasteiger partial charge in [0.15, 0.2) is 11.5 Å². The van der Waals surface area contributed by atoms with Gasteiger partial charge >= 0.3 is 0 Å². The molecular weight excluding hydrogens is 843 g/mol. The van der Waals surface area contributed by atoms with Gasteiger partial charge in [-0.3, -0.25) is 0 Å². The van der Waals surface area contributed by atoms with E-state index in [0.717, 1.165) is 83.2 Å². The number of hydrogen-bond acceptors (Lipinski definition) is 5. The highest BCUT2D eigenvalue weighted by Gasteiger charge is 2.25. The molecule has 0 radical (unpaired) electrons. The summed E-state index contributed by atoms with van der Waals surface area (Å²) in [5.74, 6) is -4.32. The van der Waals surface area contributed by atoms with E-state index in [1.54, 1.807) is 12.1 Å². The molecule has 0 aliphatic heterocycles. The zero-order valence-corrected chi connectivity index (χ0v) is 36.2. The van der Waals surface area contributed by atoms with Crippen molar-refractivity contribution in [3.8, 4) is 79.2 Å². The van der Waals surface area contributed by atoms with Crippen LogP contribution in [0, 0.1) is 0 Å². The predicted molar refractivity (Wildman–Crippen MR) is 274 cm³/mol. The normalized spacial score (nSPS) is 11.8. The summed E-state index contributed by atoms with van der Waals surface area (Å²) < 4.78 is 6.84. The molecule has 0 spiro atoms. The monoisotopic (exact) mass is 881 g/mol. The molecule has 0 fully saturated rings. The molecule has 68 heavy (non-hydrogen) atoms. The zero-order valence-electron chi connectivity index (χ0n) is 36.2. The minimum atomic E-state index is -0.998. The van der Waals surface area contributed by atoms with Crippen LogP contribution in [0.1, 0.15) is 0 Å². The van der Waals surface area contributed by atoms with Gasteiger partial charge in [0.2, 0.25) is 17.2 Å². The van der Waals surface area contributed by atoms with Crippen molar-refractivity contribution in [2.24, 2.45) is 0 Å². The summed E-state index contributed by atoms with van der Waals surface area (Å²) in [5.41, 5.74) is 14.0. The van der Waals surface area contributed by atoms with Crippen LogP contribution in [0.15, 0.2) is 206 Å². The number of benzene rings is 10. The number of aromatic hydroxyl groups is 5. The zero-order chi connectivity index (χ0) is 45.8. The molecule has 0 unspecified atom stereocenters. The second kappa shape index (κ2) is 14.8. The molecule has 3 aromatic heterocycles. The highest BCUT2D eigenvalue weighted by atomic mass is 16.4. The van der Waals surface area contributed by atoms with Gasteiger partial charge in [-0.25, -0.2) is 0 Å². The van der Waals surface area contributed by atoms with Crippen LogP contribution < -0.4 is 0 Å². The van der Waals surface area contributed by atoms with Gasteiger partial charge in [-0.2, -0.15) is 0 Å². The Balaban J connectivity index is 1.00. The number of para-hydroxylation sites is 4. The van der Waals surface area contributed by atoms with Crippen LogP contribution in [0.5, 0.6) is 28.7 Å². The van der Waals surface area contributed by atoms with E-state index in [2.05, 4.69) is 184 Å². The molecule has 0 atom stereocenters. The van der Waals surface area contributed by atoms with Crippen molar-refractivity contribution < 1.29 is 25.5 Å². The van der Waals surface area contributed by atoms with E-state index >= 15 is 0 Å². The molecule has 0 aliphatic carbocycles. The van der Waals surface area contributed by atoms with E-state index in [4.69, 9.17) is 0 Å². The van der Waals surface area contributed by atoms with Crippen molar-refractivity contribution in [1.82, 2.24) is 13.7 Å². The fraction of sp³-hybridized carbons (Fsp3) is 0. The van der Waals surface area contributed by atoms with Crippen LogP contribution in [-0.4, -0.2) is 39.2 Å². The summed E-state index contributed by atoms with van der Waals surface area (Å²) in [5, 5.41) is 59.0. The SMILES string of the molecule is Oc1c(O)c(O)c(-c2ccc(-n3c4ccc(-c5ccc6c(c5)c5ccccc5n6-c5ccccc5)cc4c4cc(-c5ccc6c(c5)c5ccccc5n6-c5ccccc5)ccc43)cc2)c(O)c1O. The van der Waals surface area contributed by atoms with E-state index in [9.17, 15) is 25.5 Å². The number of rotatable bonds is 6. The van der Waals surface area contributed by atoms with E-state index in [1.165, 1.54) is 21.5 Å².